The van der Waals surface area contributed by atoms with Crippen LogP contribution in [0.25, 0.3) is 12.2 Å². The zero-order valence-electron chi connectivity index (χ0n) is 12.7. The highest BCUT2D eigenvalue weighted by Crippen LogP contribution is 2.24. The molecule has 4 rings (SSSR count). The number of aromatic nitrogens is 2. The van der Waals surface area contributed by atoms with Crippen LogP contribution in [0.5, 0.6) is 0 Å². The van der Waals surface area contributed by atoms with E-state index in [-0.39, 0.29) is 0 Å². The van der Waals surface area contributed by atoms with Crippen molar-refractivity contribution in [1.82, 2.24) is 9.97 Å². The third kappa shape index (κ3) is 2.92. The fourth-order valence-corrected chi connectivity index (χ4v) is 2.53. The van der Waals surface area contributed by atoms with Crippen molar-refractivity contribution in [3.63, 3.8) is 0 Å². The molecule has 4 heteroatoms. The van der Waals surface area contributed by atoms with Gasteiger partial charge in [-0.3, -0.25) is 0 Å². The molecule has 0 saturated carbocycles. The molecule has 1 aliphatic heterocycles. The summed E-state index contributed by atoms with van der Waals surface area (Å²) in [6.45, 7) is 1.99. The Kier molecular flexibility index (Phi) is 3.27. The van der Waals surface area contributed by atoms with E-state index in [0.29, 0.717) is 5.95 Å². The molecule has 0 aliphatic carbocycles. The molecule has 0 atom stereocenters. The Hall–Kier alpha value is -3.14. The van der Waals surface area contributed by atoms with Gasteiger partial charge in [-0.2, -0.15) is 4.98 Å². The van der Waals surface area contributed by atoms with E-state index in [2.05, 4.69) is 57.0 Å². The van der Waals surface area contributed by atoms with Gasteiger partial charge in [-0.15, -0.1) is 0 Å². The summed E-state index contributed by atoms with van der Waals surface area (Å²) < 4.78 is 0. The molecule has 1 aliphatic rings. The average Bonchev–Trinajstić information content (AvgIpc) is 2.57. The molecule has 0 radical (unpaired) electrons. The lowest BCUT2D eigenvalue weighted by molar-refractivity contribution is 1.13. The Bertz CT molecular complexity index is 899. The van der Waals surface area contributed by atoms with Gasteiger partial charge >= 0.3 is 0 Å². The Morgan fingerprint density at radius 1 is 0.826 bits per heavy atom. The molecule has 0 spiro atoms. The highest BCUT2D eigenvalue weighted by molar-refractivity contribution is 5.74. The molecule has 2 heterocycles. The topological polar surface area (TPSA) is 49.8 Å². The number of benzene rings is 2. The summed E-state index contributed by atoms with van der Waals surface area (Å²) in [4.78, 5) is 8.95. The summed E-state index contributed by atoms with van der Waals surface area (Å²) in [6, 6.07) is 16.4. The maximum Gasteiger partial charge on any atom is 0.229 e. The lowest BCUT2D eigenvalue weighted by Crippen LogP contribution is -2.02. The predicted molar refractivity (Wildman–Crippen MR) is 95.1 cm³/mol. The lowest BCUT2D eigenvalue weighted by atomic mass is 10.1. The SMILES string of the molecule is Cc1cnc2nc1Nc1cccc(c1)/C=C\c1cccc(c1)N2. The van der Waals surface area contributed by atoms with Crippen LogP contribution in [0.1, 0.15) is 16.7 Å². The fraction of sp³-hybridized carbons (Fsp3) is 0.0526. The number of nitrogens with zero attached hydrogens (tertiary/aromatic N) is 2. The van der Waals surface area contributed by atoms with Crippen LogP contribution in [0.15, 0.2) is 54.7 Å². The molecular weight excluding hydrogens is 284 g/mol. The Morgan fingerprint density at radius 3 is 2.17 bits per heavy atom. The third-order valence-corrected chi connectivity index (χ3v) is 3.73. The molecule has 3 aromatic rings. The molecule has 2 N–H and O–H groups in total. The Balaban J connectivity index is 1.89. The summed E-state index contributed by atoms with van der Waals surface area (Å²) in [5.41, 5.74) is 5.23. The zero-order valence-corrected chi connectivity index (χ0v) is 12.7. The second-order valence-electron chi connectivity index (χ2n) is 5.56. The van der Waals surface area contributed by atoms with Crippen LogP contribution >= 0.6 is 0 Å². The van der Waals surface area contributed by atoms with Crippen LogP contribution in [0.3, 0.4) is 0 Å². The quantitative estimate of drug-likeness (QED) is 0.492. The fourth-order valence-electron chi connectivity index (χ4n) is 2.53. The molecule has 0 saturated heterocycles. The van der Waals surface area contributed by atoms with Gasteiger partial charge in [0.15, 0.2) is 0 Å². The number of nitrogens with one attached hydrogen (secondary N) is 2. The van der Waals surface area contributed by atoms with Gasteiger partial charge in [0.05, 0.1) is 0 Å². The van der Waals surface area contributed by atoms with Crippen LogP contribution in [-0.2, 0) is 0 Å². The van der Waals surface area contributed by atoms with Crippen molar-refractivity contribution in [3.8, 4) is 0 Å². The Morgan fingerprint density at radius 2 is 1.48 bits per heavy atom. The van der Waals surface area contributed by atoms with E-state index in [1.54, 1.807) is 0 Å². The summed E-state index contributed by atoms with van der Waals surface area (Å²) in [7, 11) is 0. The van der Waals surface area contributed by atoms with Gasteiger partial charge in [0.1, 0.15) is 5.82 Å². The second-order valence-corrected chi connectivity index (χ2v) is 5.56. The van der Waals surface area contributed by atoms with E-state index in [0.717, 1.165) is 33.9 Å². The number of hydrogen-bond donors (Lipinski definition) is 2. The van der Waals surface area contributed by atoms with Crippen molar-refractivity contribution < 1.29 is 0 Å². The number of aryl methyl sites for hydroxylation is 1. The monoisotopic (exact) mass is 300 g/mol. The van der Waals surface area contributed by atoms with Crippen LogP contribution in [0.2, 0.25) is 0 Å². The molecular formula is C19H16N4. The van der Waals surface area contributed by atoms with Crippen molar-refractivity contribution in [2.45, 2.75) is 6.92 Å². The molecule has 4 nitrogen and oxygen atoms in total. The largest absolute Gasteiger partial charge is 0.340 e. The summed E-state index contributed by atoms with van der Waals surface area (Å²) in [6.07, 6.45) is 6.03. The van der Waals surface area contributed by atoms with Crippen LogP contribution < -0.4 is 10.6 Å². The van der Waals surface area contributed by atoms with Gasteiger partial charge in [0.2, 0.25) is 5.95 Å². The minimum atomic E-state index is 0.578. The van der Waals surface area contributed by atoms with Gasteiger partial charge in [0.25, 0.3) is 0 Å². The van der Waals surface area contributed by atoms with E-state index >= 15 is 0 Å². The van der Waals surface area contributed by atoms with E-state index in [1.807, 2.05) is 37.4 Å². The maximum absolute atomic E-state index is 4.59. The molecule has 1 aromatic heterocycles. The maximum atomic E-state index is 4.59. The number of fused-ring (bicyclic) bond motifs is 6. The summed E-state index contributed by atoms with van der Waals surface area (Å²) >= 11 is 0. The van der Waals surface area contributed by atoms with Gasteiger partial charge < -0.3 is 10.6 Å². The van der Waals surface area contributed by atoms with Gasteiger partial charge in [-0.05, 0) is 42.3 Å². The van der Waals surface area contributed by atoms with Crippen molar-refractivity contribution in [1.29, 1.82) is 0 Å². The Labute approximate surface area is 134 Å². The normalized spacial score (nSPS) is 13.6. The van der Waals surface area contributed by atoms with E-state index in [9.17, 15) is 0 Å². The van der Waals surface area contributed by atoms with Crippen LogP contribution in [0.4, 0.5) is 23.1 Å². The molecule has 6 bridgehead atoms. The van der Waals surface area contributed by atoms with Gasteiger partial charge in [0, 0.05) is 23.1 Å². The first-order chi connectivity index (χ1) is 11.3. The number of rotatable bonds is 0. The van der Waals surface area contributed by atoms with Crippen molar-refractivity contribution in [2.75, 3.05) is 10.6 Å². The standard InChI is InChI=1S/C19H16N4/c1-13-12-20-19-22-17-7-3-5-15(11-17)9-8-14-4-2-6-16(10-14)21-18(13)23-19/h2-12H,1H3,(H2,20,21,22,23)/b9-8-. The van der Waals surface area contributed by atoms with E-state index < -0.39 is 0 Å². The number of anilines is 4. The van der Waals surface area contributed by atoms with Crippen LogP contribution in [-0.4, -0.2) is 9.97 Å². The molecule has 0 amide bonds. The molecule has 2 aromatic carbocycles. The molecule has 0 unspecified atom stereocenters. The molecule has 23 heavy (non-hydrogen) atoms. The molecule has 0 fully saturated rings. The second kappa shape index (κ2) is 5.57. The summed E-state index contributed by atoms with van der Waals surface area (Å²) in [5.74, 6) is 1.38. The lowest BCUT2D eigenvalue weighted by Gasteiger charge is -2.11. The summed E-state index contributed by atoms with van der Waals surface area (Å²) in [5, 5.41) is 6.63. The first kappa shape index (κ1) is 13.5. The van der Waals surface area contributed by atoms with Crippen molar-refractivity contribution in [3.05, 3.63) is 71.4 Å². The van der Waals surface area contributed by atoms with E-state index in [1.165, 1.54) is 0 Å². The highest BCUT2D eigenvalue weighted by Gasteiger charge is 2.06. The first-order valence-electron chi connectivity index (χ1n) is 7.52. The smallest absolute Gasteiger partial charge is 0.229 e. The zero-order chi connectivity index (χ0) is 15.6. The van der Waals surface area contributed by atoms with Crippen LogP contribution in [0, 0.1) is 6.92 Å². The number of hydrogen-bond acceptors (Lipinski definition) is 4. The average molecular weight is 300 g/mol. The van der Waals surface area contributed by atoms with Gasteiger partial charge in [-0.1, -0.05) is 36.4 Å². The minimum absolute atomic E-state index is 0.578. The molecule has 112 valence electrons. The van der Waals surface area contributed by atoms with Crippen molar-refractivity contribution in [2.24, 2.45) is 0 Å². The van der Waals surface area contributed by atoms with Crippen molar-refractivity contribution >= 4 is 35.3 Å². The third-order valence-electron chi connectivity index (χ3n) is 3.73. The minimum Gasteiger partial charge on any atom is -0.340 e. The van der Waals surface area contributed by atoms with Gasteiger partial charge in [-0.25, -0.2) is 4.98 Å². The van der Waals surface area contributed by atoms with E-state index in [4.69, 9.17) is 0 Å². The predicted octanol–water partition coefficient (Wildman–Crippen LogP) is 4.76. The first-order valence-corrected chi connectivity index (χ1v) is 7.52. The highest BCUT2D eigenvalue weighted by atomic mass is 15.1.